The van der Waals surface area contributed by atoms with Crippen LogP contribution in [0.4, 0.5) is 0 Å². The third-order valence-corrected chi connectivity index (χ3v) is 8.57. The van der Waals surface area contributed by atoms with Crippen molar-refractivity contribution in [1.82, 2.24) is 25.2 Å². The zero-order valence-corrected chi connectivity index (χ0v) is 23.7. The van der Waals surface area contributed by atoms with Crippen molar-refractivity contribution < 1.29 is 39.9 Å². The van der Waals surface area contributed by atoms with Gasteiger partial charge in [-0.3, -0.25) is 23.9 Å². The third-order valence-electron chi connectivity index (χ3n) is 8.57. The van der Waals surface area contributed by atoms with Gasteiger partial charge in [-0.2, -0.15) is 0 Å². The number of nitrogens with one attached hydrogen (secondary N) is 4. The molecule has 2 aromatic heterocycles. The Morgan fingerprint density at radius 2 is 1.77 bits per heavy atom. The van der Waals surface area contributed by atoms with Gasteiger partial charge < -0.3 is 45.9 Å². The molecule has 3 aromatic rings. The van der Waals surface area contributed by atoms with Gasteiger partial charge in [0.1, 0.15) is 24.4 Å². The van der Waals surface area contributed by atoms with E-state index in [4.69, 9.17) is 4.74 Å². The zero-order valence-electron chi connectivity index (χ0n) is 23.7. The van der Waals surface area contributed by atoms with Crippen LogP contribution >= 0.6 is 0 Å². The minimum atomic E-state index is -1.53. The largest absolute Gasteiger partial charge is 0.396 e. The molecule has 15 heteroatoms. The molecule has 2 fully saturated rings. The predicted octanol–water partition coefficient (Wildman–Crippen LogP) is -2.39. The number of ether oxygens (including phenoxy) is 1. The van der Waals surface area contributed by atoms with Gasteiger partial charge in [0, 0.05) is 54.9 Å². The number of para-hydroxylation sites is 1. The molecule has 1 aliphatic heterocycles. The number of carbonyl (C=O) groups is 2. The van der Waals surface area contributed by atoms with Crippen molar-refractivity contribution in [2.24, 2.45) is 11.8 Å². The Hall–Kier alpha value is -3.86. The van der Waals surface area contributed by atoms with Crippen molar-refractivity contribution in [3.05, 3.63) is 69.1 Å². The third kappa shape index (κ3) is 6.62. The summed E-state index contributed by atoms with van der Waals surface area (Å²) in [4.78, 5) is 55.2. The number of aliphatic hydroxyl groups excluding tert-OH is 5. The number of hydrogen-bond donors (Lipinski definition) is 9. The highest BCUT2D eigenvalue weighted by Gasteiger charge is 2.45. The van der Waals surface area contributed by atoms with Gasteiger partial charge in [-0.15, -0.1) is 0 Å². The fourth-order valence-electron chi connectivity index (χ4n) is 6.09. The van der Waals surface area contributed by atoms with E-state index >= 15 is 0 Å². The number of carbonyl (C=O) groups excluding carboxylic acids is 2. The molecule has 0 spiro atoms. The van der Waals surface area contributed by atoms with Crippen molar-refractivity contribution in [1.29, 1.82) is 0 Å². The number of H-pyrrole nitrogens is 2. The van der Waals surface area contributed by atoms with E-state index in [1.807, 2.05) is 35.4 Å². The van der Waals surface area contributed by atoms with Gasteiger partial charge in [-0.25, -0.2) is 4.79 Å². The molecule has 1 saturated heterocycles. The maximum absolute atomic E-state index is 13.4. The number of aromatic amines is 2. The highest BCUT2D eigenvalue weighted by Crippen LogP contribution is 2.34. The molecule has 5 rings (SSSR count). The minimum absolute atomic E-state index is 0.169. The van der Waals surface area contributed by atoms with Crippen LogP contribution in [0.15, 0.2) is 52.3 Å². The first kappa shape index (κ1) is 31.6. The Morgan fingerprint density at radius 3 is 2.50 bits per heavy atom. The average molecular weight is 616 g/mol. The number of aryl methyl sites for hydroxylation is 1. The molecule has 9 atom stereocenters. The predicted molar refractivity (Wildman–Crippen MR) is 154 cm³/mol. The second-order valence-corrected chi connectivity index (χ2v) is 11.5. The monoisotopic (exact) mass is 615 g/mol. The number of amides is 2. The lowest BCUT2D eigenvalue weighted by Gasteiger charge is -2.22. The summed E-state index contributed by atoms with van der Waals surface area (Å²) >= 11 is 0. The number of nitrogens with zero attached hydrogens (tertiary/aromatic N) is 1. The van der Waals surface area contributed by atoms with Crippen LogP contribution in [0.2, 0.25) is 0 Å². The van der Waals surface area contributed by atoms with E-state index in [2.05, 4.69) is 15.6 Å². The molecule has 0 radical (unpaired) electrons. The summed E-state index contributed by atoms with van der Waals surface area (Å²) < 4.78 is 6.59. The SMILES string of the molecule is O=C(C[C@H]1C[C@@H](CO)[C@H](O)[C@H]1O)N[C@H](CCc1c[nH]c2ccccc12)C(=O)NCC1O[C@@H](n2ccc(=O)[nH]c2=O)[C@H](O)[C@@H]1O. The van der Waals surface area contributed by atoms with E-state index in [9.17, 15) is 44.7 Å². The Balaban J connectivity index is 1.25. The van der Waals surface area contributed by atoms with Crippen molar-refractivity contribution in [3.63, 3.8) is 0 Å². The molecular weight excluding hydrogens is 578 g/mol. The summed E-state index contributed by atoms with van der Waals surface area (Å²) in [6, 6.07) is 7.67. The Labute approximate surface area is 250 Å². The van der Waals surface area contributed by atoms with Gasteiger partial charge in [0.15, 0.2) is 6.23 Å². The van der Waals surface area contributed by atoms with Crippen LogP contribution in [0.1, 0.15) is 31.1 Å². The summed E-state index contributed by atoms with van der Waals surface area (Å²) in [5, 5.41) is 57.3. The maximum atomic E-state index is 13.4. The number of fused-ring (bicyclic) bond motifs is 1. The molecular formula is C29H37N5O10. The van der Waals surface area contributed by atoms with Crippen molar-refractivity contribution >= 4 is 22.7 Å². The lowest BCUT2D eigenvalue weighted by molar-refractivity contribution is -0.130. The van der Waals surface area contributed by atoms with Gasteiger partial charge in [-0.05, 0) is 36.8 Å². The lowest BCUT2D eigenvalue weighted by Crippen LogP contribution is -2.50. The van der Waals surface area contributed by atoms with E-state index in [1.165, 1.54) is 0 Å². The topological polar surface area (TPSA) is 239 Å². The average Bonchev–Trinajstić information content (AvgIpc) is 3.63. The molecule has 1 aliphatic carbocycles. The van der Waals surface area contributed by atoms with E-state index in [1.54, 1.807) is 0 Å². The van der Waals surface area contributed by atoms with E-state index < -0.39 is 77.7 Å². The number of rotatable bonds is 11. The zero-order chi connectivity index (χ0) is 31.5. The summed E-state index contributed by atoms with van der Waals surface area (Å²) in [6.45, 7) is -0.593. The normalized spacial score (nSPS) is 29.1. The van der Waals surface area contributed by atoms with Gasteiger partial charge in [0.05, 0.1) is 12.2 Å². The van der Waals surface area contributed by atoms with Crippen LogP contribution in [0.25, 0.3) is 10.9 Å². The van der Waals surface area contributed by atoms with E-state index in [0.717, 1.165) is 33.3 Å². The summed E-state index contributed by atoms with van der Waals surface area (Å²) in [5.41, 5.74) is 0.362. The second kappa shape index (κ2) is 13.4. The van der Waals surface area contributed by atoms with Crippen molar-refractivity contribution in [3.8, 4) is 0 Å². The van der Waals surface area contributed by atoms with Crippen molar-refractivity contribution in [2.45, 2.75) is 68.5 Å². The Kier molecular flexibility index (Phi) is 9.62. The van der Waals surface area contributed by atoms with Crippen LogP contribution < -0.4 is 21.9 Å². The highest BCUT2D eigenvalue weighted by molar-refractivity contribution is 5.88. The maximum Gasteiger partial charge on any atom is 0.330 e. The fraction of sp³-hybridized carbons (Fsp3) is 0.517. The van der Waals surface area contributed by atoms with E-state index in [-0.39, 0.29) is 32.4 Å². The summed E-state index contributed by atoms with van der Waals surface area (Å²) in [6.07, 6.45) is -4.14. The molecule has 0 bridgehead atoms. The smallest absolute Gasteiger partial charge is 0.330 e. The summed E-state index contributed by atoms with van der Waals surface area (Å²) in [5.74, 6) is -2.26. The first-order chi connectivity index (χ1) is 21.1. The number of aliphatic hydroxyl groups is 5. The molecule has 2 amide bonds. The fourth-order valence-corrected chi connectivity index (χ4v) is 6.09. The number of benzene rings is 1. The van der Waals surface area contributed by atoms with Crippen LogP contribution in [0, 0.1) is 11.8 Å². The quantitative estimate of drug-likeness (QED) is 0.111. The number of hydrogen-bond acceptors (Lipinski definition) is 10. The Morgan fingerprint density at radius 1 is 1.02 bits per heavy atom. The van der Waals surface area contributed by atoms with Crippen LogP contribution in [-0.2, 0) is 20.7 Å². The van der Waals surface area contributed by atoms with E-state index in [0.29, 0.717) is 6.42 Å². The second-order valence-electron chi connectivity index (χ2n) is 11.5. The Bertz CT molecular complexity index is 1590. The van der Waals surface area contributed by atoms with Crippen LogP contribution in [0.3, 0.4) is 0 Å². The first-order valence-electron chi connectivity index (χ1n) is 14.5. The molecule has 1 saturated carbocycles. The minimum Gasteiger partial charge on any atom is -0.396 e. The molecule has 238 valence electrons. The molecule has 1 aromatic carbocycles. The summed E-state index contributed by atoms with van der Waals surface area (Å²) in [7, 11) is 0. The molecule has 9 N–H and O–H groups in total. The van der Waals surface area contributed by atoms with Gasteiger partial charge in [0.25, 0.3) is 5.56 Å². The van der Waals surface area contributed by atoms with Gasteiger partial charge >= 0.3 is 5.69 Å². The van der Waals surface area contributed by atoms with Gasteiger partial charge in [0.2, 0.25) is 11.8 Å². The van der Waals surface area contributed by atoms with Crippen LogP contribution in [-0.4, -0.2) is 102 Å². The van der Waals surface area contributed by atoms with Crippen molar-refractivity contribution in [2.75, 3.05) is 13.2 Å². The first-order valence-corrected chi connectivity index (χ1v) is 14.5. The molecule has 1 unspecified atom stereocenters. The standard InChI is InChI=1S/C29H37N5O10/c35-13-16-9-15(23(38)24(16)39)10-22(37)32-19(6-5-14-11-30-18-4-2-1-3-17(14)18)27(42)31-12-20-25(40)26(41)28(44-20)34-8-7-21(36)33-29(34)43/h1-4,7-8,11,15-16,19-20,23-26,28,30,35,38-41H,5-6,9-10,12-13H2,(H,31,42)(H,32,37)(H,33,36,43)/t15-,16+,19-,20?,23+,24+,25-,26-,28-/m1/s1. The van der Waals surface area contributed by atoms with Crippen LogP contribution in [0.5, 0.6) is 0 Å². The van der Waals surface area contributed by atoms with Gasteiger partial charge in [-0.1, -0.05) is 18.2 Å². The lowest BCUT2D eigenvalue weighted by atomic mass is 9.99. The molecule has 3 heterocycles. The molecule has 2 aliphatic rings. The molecule has 44 heavy (non-hydrogen) atoms. The molecule has 15 nitrogen and oxygen atoms in total. The highest BCUT2D eigenvalue weighted by atomic mass is 16.6. The number of aromatic nitrogens is 3.